The van der Waals surface area contributed by atoms with Crippen molar-refractivity contribution in [2.24, 2.45) is 7.05 Å². The van der Waals surface area contributed by atoms with Gasteiger partial charge in [0.1, 0.15) is 11.3 Å². The number of carboxylic acids is 1. The second-order valence-corrected chi connectivity index (χ2v) is 11.7. The van der Waals surface area contributed by atoms with Crippen LogP contribution in [-0.4, -0.2) is 42.7 Å². The van der Waals surface area contributed by atoms with Crippen molar-refractivity contribution in [2.45, 2.75) is 24.8 Å². The first-order valence-electron chi connectivity index (χ1n) is 14.4. The molecule has 2 unspecified atom stereocenters. The van der Waals surface area contributed by atoms with Crippen molar-refractivity contribution in [3.63, 3.8) is 0 Å². The molecule has 0 bridgehead atoms. The molecule has 2 atom stereocenters. The third kappa shape index (κ3) is 4.07. The summed E-state index contributed by atoms with van der Waals surface area (Å²) in [4.78, 5) is 16.1. The number of nitrogens with one attached hydrogen (secondary N) is 1. The summed E-state index contributed by atoms with van der Waals surface area (Å²) in [5.74, 6) is 0.424. The molecule has 218 valence electrons. The summed E-state index contributed by atoms with van der Waals surface area (Å²) in [6, 6.07) is 20.0. The maximum atomic E-state index is 11.5. The van der Waals surface area contributed by atoms with Crippen molar-refractivity contribution < 1.29 is 14.6 Å². The number of fused-ring (bicyclic) bond motifs is 1. The Balaban J connectivity index is 1.09. The van der Waals surface area contributed by atoms with Crippen LogP contribution in [0.2, 0.25) is 5.02 Å². The number of carboxylic acid groups (broad SMARTS) is 1. The van der Waals surface area contributed by atoms with E-state index in [-0.39, 0.29) is 17.4 Å². The fourth-order valence-corrected chi connectivity index (χ4v) is 7.02. The Labute approximate surface area is 257 Å². The van der Waals surface area contributed by atoms with Crippen LogP contribution in [0.15, 0.2) is 72.9 Å². The number of nitrogens with zero attached hydrogens (tertiary/aromatic N) is 5. The fourth-order valence-electron chi connectivity index (χ4n) is 6.77. The van der Waals surface area contributed by atoms with Gasteiger partial charge in [-0.2, -0.15) is 10.1 Å². The lowest BCUT2D eigenvalue weighted by Gasteiger charge is -2.34. The number of aryl methyl sites for hydroxylation is 1. The number of allylic oxidation sites excluding steroid dienone is 1. The lowest BCUT2D eigenvalue weighted by molar-refractivity contribution is 0.0693. The lowest BCUT2D eigenvalue weighted by Crippen LogP contribution is -2.23. The third-order valence-corrected chi connectivity index (χ3v) is 9.24. The second-order valence-electron chi connectivity index (χ2n) is 11.3. The molecule has 0 fully saturated rings. The van der Waals surface area contributed by atoms with Crippen LogP contribution in [0.4, 0.5) is 11.6 Å². The fraction of sp³-hybridized carbons (Fsp3) is 0.176. The molecule has 0 amide bonds. The van der Waals surface area contributed by atoms with E-state index >= 15 is 0 Å². The Morgan fingerprint density at radius 1 is 1.14 bits per heavy atom. The minimum atomic E-state index is -1.07. The number of anilines is 2. The quantitative estimate of drug-likeness (QED) is 0.205. The smallest absolute Gasteiger partial charge is 0.339 e. The molecule has 10 heteroatoms. The van der Waals surface area contributed by atoms with Crippen LogP contribution < -0.4 is 10.1 Å². The van der Waals surface area contributed by atoms with Crippen LogP contribution in [0.25, 0.3) is 39.1 Å². The Bertz CT molecular complexity index is 2180. The zero-order valence-corrected chi connectivity index (χ0v) is 24.7. The van der Waals surface area contributed by atoms with Gasteiger partial charge in [-0.05, 0) is 70.6 Å². The summed E-state index contributed by atoms with van der Waals surface area (Å²) >= 11 is 6.96. The SMILES string of the molecule is COc1cc(-c2nc(Nc3ccc4c(cnn4C4Cc5ccc6cccc7c6c5C(C=C7)C4)c3Cl)n(C)n2)ccc1C(=O)O. The zero-order valence-electron chi connectivity index (χ0n) is 24.0. The summed E-state index contributed by atoms with van der Waals surface area (Å²) in [6.45, 7) is 0. The van der Waals surface area contributed by atoms with Crippen molar-refractivity contribution >= 4 is 57.0 Å². The van der Waals surface area contributed by atoms with E-state index in [4.69, 9.17) is 21.4 Å². The van der Waals surface area contributed by atoms with Gasteiger partial charge in [-0.1, -0.05) is 54.1 Å². The first-order valence-corrected chi connectivity index (χ1v) is 14.8. The highest BCUT2D eigenvalue weighted by molar-refractivity contribution is 6.38. The molecular weight excluding hydrogens is 576 g/mol. The molecule has 2 N–H and O–H groups in total. The van der Waals surface area contributed by atoms with Crippen LogP contribution >= 0.6 is 11.6 Å². The highest BCUT2D eigenvalue weighted by atomic mass is 35.5. The number of rotatable bonds is 6. The minimum absolute atomic E-state index is 0.0708. The summed E-state index contributed by atoms with van der Waals surface area (Å²) < 4.78 is 9.01. The molecule has 0 aliphatic heterocycles. The van der Waals surface area contributed by atoms with Gasteiger partial charge in [0.2, 0.25) is 5.95 Å². The summed E-state index contributed by atoms with van der Waals surface area (Å²) in [5.41, 5.74) is 6.53. The van der Waals surface area contributed by atoms with Crippen LogP contribution in [0.3, 0.4) is 0 Å². The van der Waals surface area contributed by atoms with E-state index in [1.54, 1.807) is 23.9 Å². The normalized spacial score (nSPS) is 16.9. The number of hydrogen-bond donors (Lipinski definition) is 2. The van der Waals surface area contributed by atoms with E-state index in [1.807, 2.05) is 18.3 Å². The van der Waals surface area contributed by atoms with Crippen molar-refractivity contribution in [2.75, 3.05) is 12.4 Å². The van der Waals surface area contributed by atoms with Gasteiger partial charge in [-0.15, -0.1) is 5.10 Å². The number of aromatic nitrogens is 5. The van der Waals surface area contributed by atoms with Gasteiger partial charge in [-0.25, -0.2) is 9.48 Å². The number of aromatic carboxylic acids is 1. The van der Waals surface area contributed by atoms with Crippen LogP contribution in [-0.2, 0) is 13.5 Å². The first kappa shape index (κ1) is 26.5. The second kappa shape index (κ2) is 9.96. The van der Waals surface area contributed by atoms with Crippen molar-refractivity contribution in [3.8, 4) is 17.1 Å². The predicted molar refractivity (Wildman–Crippen MR) is 171 cm³/mol. The highest BCUT2D eigenvalue weighted by Crippen LogP contribution is 2.46. The van der Waals surface area contributed by atoms with Gasteiger partial charge in [0, 0.05) is 23.9 Å². The number of halogens is 1. The average molecular weight is 603 g/mol. The molecule has 4 aromatic carbocycles. The Kier molecular flexibility index (Phi) is 5.99. The number of ether oxygens (including phenoxy) is 1. The molecule has 2 aromatic heterocycles. The molecule has 2 heterocycles. The number of methoxy groups -OCH3 is 1. The van der Waals surface area contributed by atoms with Gasteiger partial charge in [-0.3, -0.25) is 4.68 Å². The minimum Gasteiger partial charge on any atom is -0.496 e. The van der Waals surface area contributed by atoms with Crippen molar-refractivity contribution in [3.05, 3.63) is 100 Å². The number of benzene rings is 4. The van der Waals surface area contributed by atoms with Crippen LogP contribution in [0, 0.1) is 0 Å². The Hall–Kier alpha value is -5.15. The van der Waals surface area contributed by atoms with E-state index in [0.717, 1.165) is 23.7 Å². The van der Waals surface area contributed by atoms with Crippen LogP contribution in [0.5, 0.6) is 5.75 Å². The van der Waals surface area contributed by atoms with Gasteiger partial charge in [0.05, 0.1) is 35.6 Å². The third-order valence-electron chi connectivity index (χ3n) is 8.83. The Morgan fingerprint density at radius 2 is 2.02 bits per heavy atom. The lowest BCUT2D eigenvalue weighted by atomic mass is 9.74. The Morgan fingerprint density at radius 3 is 2.86 bits per heavy atom. The summed E-state index contributed by atoms with van der Waals surface area (Å²) in [5, 5.41) is 26.2. The van der Waals surface area contributed by atoms with Gasteiger partial charge in [0.25, 0.3) is 0 Å². The molecular formula is C34H27ClN6O3. The van der Waals surface area contributed by atoms with E-state index < -0.39 is 5.97 Å². The highest BCUT2D eigenvalue weighted by Gasteiger charge is 2.31. The molecule has 44 heavy (non-hydrogen) atoms. The van der Waals surface area contributed by atoms with E-state index in [9.17, 15) is 9.90 Å². The average Bonchev–Trinajstić information content (AvgIpc) is 3.64. The van der Waals surface area contributed by atoms with Crippen LogP contribution in [0.1, 0.15) is 45.4 Å². The molecule has 8 rings (SSSR count). The molecule has 2 aliphatic carbocycles. The first-order chi connectivity index (χ1) is 21.4. The standard InChI is InChI=1S/C34H27ClN6O3/c1-40-34(38-32(39-40)22-10-11-24(33(42)43)28(16-22)44-2)37-26-12-13-27-25(31(26)35)17-36-41(27)23-14-20-8-6-18-4-3-5-19-7-9-21(15-23)30(20)29(18)19/h3-13,16-17,20,23H,14-15H2,1-2H3,(H,42,43)(H,37,38,39). The van der Waals surface area contributed by atoms with E-state index in [0.29, 0.717) is 34.0 Å². The molecule has 0 spiro atoms. The van der Waals surface area contributed by atoms with Gasteiger partial charge < -0.3 is 15.2 Å². The van der Waals surface area contributed by atoms with E-state index in [2.05, 4.69) is 62.6 Å². The molecule has 0 saturated heterocycles. The number of hydrogen-bond acceptors (Lipinski definition) is 6. The van der Waals surface area contributed by atoms with Crippen molar-refractivity contribution in [1.29, 1.82) is 0 Å². The maximum absolute atomic E-state index is 11.5. The van der Waals surface area contributed by atoms with Gasteiger partial charge >= 0.3 is 5.97 Å². The van der Waals surface area contributed by atoms with Crippen molar-refractivity contribution in [1.82, 2.24) is 24.5 Å². The van der Waals surface area contributed by atoms with E-state index in [1.165, 1.54) is 40.6 Å². The monoisotopic (exact) mass is 602 g/mol. The topological polar surface area (TPSA) is 107 Å². The molecule has 9 nitrogen and oxygen atoms in total. The largest absolute Gasteiger partial charge is 0.496 e. The molecule has 6 aromatic rings. The zero-order chi connectivity index (χ0) is 30.1. The van der Waals surface area contributed by atoms with Gasteiger partial charge in [0.15, 0.2) is 5.82 Å². The maximum Gasteiger partial charge on any atom is 0.339 e. The molecule has 2 aliphatic rings. The predicted octanol–water partition coefficient (Wildman–Crippen LogP) is 7.39. The molecule has 0 saturated carbocycles. The summed E-state index contributed by atoms with van der Waals surface area (Å²) in [6.07, 6.45) is 8.34. The summed E-state index contributed by atoms with van der Waals surface area (Å²) in [7, 11) is 3.21. The number of carbonyl (C=O) groups is 1. The molecule has 0 radical (unpaired) electrons.